The monoisotopic (exact) mass is 273 g/mol. The molecule has 1 aromatic heterocycles. The topological polar surface area (TPSA) is 33.1 Å². The Morgan fingerprint density at radius 1 is 1.17 bits per heavy atom. The Balaban J connectivity index is 2.74. The minimum atomic E-state index is -2.86. The Morgan fingerprint density at radius 3 is 2.11 bits per heavy atom. The molecule has 1 N–H and O–H groups in total. The van der Waals surface area contributed by atoms with E-state index in [1.165, 1.54) is 24.5 Å². The highest BCUT2D eigenvalue weighted by Crippen LogP contribution is 2.44. The Bertz CT molecular complexity index is 388. The molecule has 0 aromatic carbocycles. The van der Waals surface area contributed by atoms with E-state index in [2.05, 4.69) is 4.98 Å². The zero-order chi connectivity index (χ0) is 14.0. The SMILES string of the molecule is CC(C)(CCC(F)(F)c1ccncc1)[Si](C)(C)O. The fourth-order valence-electron chi connectivity index (χ4n) is 1.52. The second kappa shape index (κ2) is 5.05. The van der Waals surface area contributed by atoms with Gasteiger partial charge < -0.3 is 4.80 Å². The lowest BCUT2D eigenvalue weighted by atomic mass is 9.99. The Morgan fingerprint density at radius 2 is 1.67 bits per heavy atom. The molecule has 0 atom stereocenters. The van der Waals surface area contributed by atoms with Crippen molar-refractivity contribution in [2.45, 2.75) is 50.7 Å². The summed E-state index contributed by atoms with van der Waals surface area (Å²) < 4.78 is 28.0. The predicted molar refractivity (Wildman–Crippen MR) is 71.1 cm³/mol. The average molecular weight is 273 g/mol. The fourth-order valence-corrected chi connectivity index (χ4v) is 2.25. The van der Waals surface area contributed by atoms with E-state index in [1.807, 2.05) is 13.8 Å². The summed E-state index contributed by atoms with van der Waals surface area (Å²) in [4.78, 5) is 13.8. The van der Waals surface area contributed by atoms with Gasteiger partial charge in [-0.1, -0.05) is 13.8 Å². The summed E-state index contributed by atoms with van der Waals surface area (Å²) in [5.74, 6) is -2.86. The molecule has 0 bridgehead atoms. The standard InChI is InChI=1S/C13H21F2NOSi/c1-12(2,18(3,4)17)7-8-13(14,15)11-5-9-16-10-6-11/h5-6,9-10,17H,7-8H2,1-4H3. The second-order valence-electron chi connectivity index (χ2n) is 5.88. The number of hydrogen-bond acceptors (Lipinski definition) is 2. The van der Waals surface area contributed by atoms with Crippen molar-refractivity contribution in [2.75, 3.05) is 0 Å². The molecule has 5 heteroatoms. The van der Waals surface area contributed by atoms with E-state index in [0.29, 0.717) is 6.42 Å². The molecule has 0 saturated carbocycles. The number of pyridine rings is 1. The van der Waals surface area contributed by atoms with E-state index in [4.69, 9.17) is 0 Å². The molecular weight excluding hydrogens is 252 g/mol. The van der Waals surface area contributed by atoms with Gasteiger partial charge in [-0.25, -0.2) is 8.78 Å². The lowest BCUT2D eigenvalue weighted by Gasteiger charge is -2.36. The largest absolute Gasteiger partial charge is 0.432 e. The lowest BCUT2D eigenvalue weighted by Crippen LogP contribution is -2.39. The van der Waals surface area contributed by atoms with Gasteiger partial charge in [-0.3, -0.25) is 4.98 Å². The van der Waals surface area contributed by atoms with E-state index >= 15 is 0 Å². The first-order valence-corrected chi connectivity index (χ1v) is 9.02. The van der Waals surface area contributed by atoms with Crippen molar-refractivity contribution in [1.29, 1.82) is 0 Å². The van der Waals surface area contributed by atoms with Crippen LogP contribution in [0.25, 0.3) is 0 Å². The molecular formula is C13H21F2NOSi. The van der Waals surface area contributed by atoms with Crippen molar-refractivity contribution in [2.24, 2.45) is 0 Å². The highest BCUT2D eigenvalue weighted by molar-refractivity contribution is 6.72. The Labute approximate surface area is 108 Å². The molecule has 0 aliphatic rings. The third-order valence-corrected chi connectivity index (χ3v) is 7.39. The molecule has 1 aromatic rings. The molecule has 0 spiro atoms. The maximum atomic E-state index is 14.0. The number of halogens is 2. The van der Waals surface area contributed by atoms with E-state index in [9.17, 15) is 13.6 Å². The van der Waals surface area contributed by atoms with Crippen molar-refractivity contribution in [3.63, 3.8) is 0 Å². The zero-order valence-corrected chi connectivity index (χ0v) is 12.4. The van der Waals surface area contributed by atoms with E-state index < -0.39 is 19.3 Å². The van der Waals surface area contributed by atoms with Gasteiger partial charge in [0.25, 0.3) is 5.92 Å². The highest BCUT2D eigenvalue weighted by atomic mass is 28.4. The average Bonchev–Trinajstić information content (AvgIpc) is 2.26. The van der Waals surface area contributed by atoms with E-state index in [-0.39, 0.29) is 12.0 Å². The molecule has 0 amide bonds. The number of hydrogen-bond donors (Lipinski definition) is 1. The van der Waals surface area contributed by atoms with Crippen LogP contribution in [-0.4, -0.2) is 18.1 Å². The smallest absolute Gasteiger partial charge is 0.273 e. The second-order valence-corrected chi connectivity index (χ2v) is 10.4. The third kappa shape index (κ3) is 3.59. The molecule has 102 valence electrons. The van der Waals surface area contributed by atoms with Gasteiger partial charge in [-0.05, 0) is 36.7 Å². The van der Waals surface area contributed by atoms with Crippen LogP contribution in [0.1, 0.15) is 32.3 Å². The molecule has 2 nitrogen and oxygen atoms in total. The lowest BCUT2D eigenvalue weighted by molar-refractivity contribution is -0.0182. The maximum absolute atomic E-state index is 14.0. The number of alkyl halides is 2. The Hall–Kier alpha value is -0.813. The van der Waals surface area contributed by atoms with Gasteiger partial charge in [0.2, 0.25) is 0 Å². The zero-order valence-electron chi connectivity index (χ0n) is 11.4. The van der Waals surface area contributed by atoms with Crippen molar-refractivity contribution >= 4 is 8.32 Å². The number of nitrogens with zero attached hydrogens (tertiary/aromatic N) is 1. The van der Waals surface area contributed by atoms with Crippen LogP contribution in [0.5, 0.6) is 0 Å². The molecule has 0 radical (unpaired) electrons. The van der Waals surface area contributed by atoms with Crippen LogP contribution in [0.2, 0.25) is 18.1 Å². The third-order valence-electron chi connectivity index (χ3n) is 3.82. The molecule has 18 heavy (non-hydrogen) atoms. The highest BCUT2D eigenvalue weighted by Gasteiger charge is 2.41. The van der Waals surface area contributed by atoms with Crippen LogP contribution >= 0.6 is 0 Å². The van der Waals surface area contributed by atoms with Gasteiger partial charge in [0, 0.05) is 24.4 Å². The quantitative estimate of drug-likeness (QED) is 0.825. The minimum Gasteiger partial charge on any atom is -0.432 e. The number of aromatic nitrogens is 1. The molecule has 0 aliphatic heterocycles. The normalized spacial score (nSPS) is 13.7. The molecule has 1 heterocycles. The molecule has 1 rings (SSSR count). The number of rotatable bonds is 5. The summed E-state index contributed by atoms with van der Waals surface area (Å²) in [5, 5.41) is -0.427. The van der Waals surface area contributed by atoms with Gasteiger partial charge >= 0.3 is 0 Å². The maximum Gasteiger partial charge on any atom is 0.273 e. The summed E-state index contributed by atoms with van der Waals surface area (Å²) >= 11 is 0. The minimum absolute atomic E-state index is 0.00860. The van der Waals surface area contributed by atoms with Crippen molar-refractivity contribution < 1.29 is 13.6 Å². The van der Waals surface area contributed by atoms with Crippen molar-refractivity contribution in [1.82, 2.24) is 4.98 Å². The van der Waals surface area contributed by atoms with Gasteiger partial charge in [-0.2, -0.15) is 0 Å². The predicted octanol–water partition coefficient (Wildman–Crippen LogP) is 3.93. The van der Waals surface area contributed by atoms with Crippen molar-refractivity contribution in [3.8, 4) is 0 Å². The van der Waals surface area contributed by atoms with Crippen LogP contribution in [0.3, 0.4) is 0 Å². The van der Waals surface area contributed by atoms with Crippen LogP contribution in [0.4, 0.5) is 8.78 Å². The van der Waals surface area contributed by atoms with Gasteiger partial charge in [0.1, 0.15) is 0 Å². The van der Waals surface area contributed by atoms with Gasteiger partial charge in [-0.15, -0.1) is 0 Å². The first-order valence-electron chi connectivity index (χ1n) is 6.07. The van der Waals surface area contributed by atoms with E-state index in [1.54, 1.807) is 13.1 Å². The molecule has 0 aliphatic carbocycles. The first-order chi connectivity index (χ1) is 8.06. The molecule has 0 fully saturated rings. The van der Waals surface area contributed by atoms with Gasteiger partial charge in [0.15, 0.2) is 8.32 Å². The fraction of sp³-hybridized carbons (Fsp3) is 0.615. The summed E-state index contributed by atoms with van der Waals surface area (Å²) in [6, 6.07) is 2.68. The van der Waals surface area contributed by atoms with E-state index in [0.717, 1.165) is 0 Å². The first kappa shape index (κ1) is 15.2. The van der Waals surface area contributed by atoms with Crippen LogP contribution in [0.15, 0.2) is 24.5 Å². The molecule has 0 saturated heterocycles. The van der Waals surface area contributed by atoms with Crippen LogP contribution < -0.4 is 0 Å². The summed E-state index contributed by atoms with van der Waals surface area (Å²) in [6.07, 6.45) is 2.80. The Kier molecular flexibility index (Phi) is 4.28. The summed E-state index contributed by atoms with van der Waals surface area (Å²) in [6.45, 7) is 7.30. The van der Waals surface area contributed by atoms with Crippen LogP contribution in [-0.2, 0) is 5.92 Å². The summed E-state index contributed by atoms with van der Waals surface area (Å²) in [5.41, 5.74) is -0.00860. The van der Waals surface area contributed by atoms with Crippen LogP contribution in [0, 0.1) is 0 Å². The summed E-state index contributed by atoms with van der Waals surface area (Å²) in [7, 11) is -2.43. The molecule has 0 unspecified atom stereocenters. The van der Waals surface area contributed by atoms with Crippen molar-refractivity contribution in [3.05, 3.63) is 30.1 Å². The van der Waals surface area contributed by atoms with Gasteiger partial charge in [0.05, 0.1) is 0 Å².